The lowest BCUT2D eigenvalue weighted by molar-refractivity contribution is 0.102. The smallest absolute Gasteiger partial charge is 0.274 e. The maximum absolute atomic E-state index is 12.5. The van der Waals surface area contributed by atoms with Crippen molar-refractivity contribution in [1.29, 1.82) is 0 Å². The lowest BCUT2D eigenvalue weighted by Crippen LogP contribution is -2.23. The first kappa shape index (κ1) is 16.2. The first-order valence-corrected chi connectivity index (χ1v) is 8.04. The third-order valence-electron chi connectivity index (χ3n) is 3.68. The molecule has 2 aromatic heterocycles. The maximum atomic E-state index is 12.5. The largest absolute Gasteiger partial charge is 0.317 e. The first-order chi connectivity index (χ1) is 11.5. The second kappa shape index (κ2) is 6.45. The summed E-state index contributed by atoms with van der Waals surface area (Å²) >= 11 is 3.42. The van der Waals surface area contributed by atoms with E-state index in [4.69, 9.17) is 0 Å². The fraction of sp³-hybridized carbons (Fsp3) is 0.118. The van der Waals surface area contributed by atoms with Crippen LogP contribution in [0.25, 0.3) is 5.69 Å². The minimum absolute atomic E-state index is 0.236. The van der Waals surface area contributed by atoms with Gasteiger partial charge in [-0.15, -0.1) is 0 Å². The summed E-state index contributed by atoms with van der Waals surface area (Å²) in [5.74, 6) is -0.364. The zero-order chi connectivity index (χ0) is 17.3. The standard InChI is InChI=1S/C17H15BrN4O2/c1-11-14(10-19-22(11)13-6-3-5-12(18)9-13)16(23)20-15-7-4-8-21(2)17(15)24/h3-10H,1-2H3,(H,20,23). The van der Waals surface area contributed by atoms with E-state index in [1.807, 2.05) is 31.2 Å². The molecule has 6 nitrogen and oxygen atoms in total. The molecule has 24 heavy (non-hydrogen) atoms. The topological polar surface area (TPSA) is 68.9 Å². The third-order valence-corrected chi connectivity index (χ3v) is 4.17. The first-order valence-electron chi connectivity index (χ1n) is 7.25. The Balaban J connectivity index is 1.92. The number of hydrogen-bond donors (Lipinski definition) is 1. The average molecular weight is 387 g/mol. The lowest BCUT2D eigenvalue weighted by atomic mass is 10.2. The van der Waals surface area contributed by atoms with E-state index in [9.17, 15) is 9.59 Å². The summed E-state index contributed by atoms with van der Waals surface area (Å²) in [6.07, 6.45) is 3.13. The molecule has 0 bridgehead atoms. The van der Waals surface area contributed by atoms with E-state index in [-0.39, 0.29) is 17.2 Å². The van der Waals surface area contributed by atoms with Gasteiger partial charge in [0.2, 0.25) is 0 Å². The highest BCUT2D eigenvalue weighted by Gasteiger charge is 2.16. The molecule has 0 spiro atoms. The molecular formula is C17H15BrN4O2. The van der Waals surface area contributed by atoms with Crippen LogP contribution in [-0.2, 0) is 7.05 Å². The van der Waals surface area contributed by atoms with Gasteiger partial charge in [0.05, 0.1) is 23.1 Å². The molecule has 0 atom stereocenters. The molecule has 3 rings (SSSR count). The predicted octanol–water partition coefficient (Wildman–Crippen LogP) is 2.89. The Hall–Kier alpha value is -2.67. The highest BCUT2D eigenvalue weighted by Crippen LogP contribution is 2.18. The molecule has 0 aliphatic rings. The number of nitrogens with zero attached hydrogens (tertiary/aromatic N) is 3. The molecule has 2 heterocycles. The molecule has 0 unspecified atom stereocenters. The molecule has 0 aliphatic carbocycles. The molecule has 0 aliphatic heterocycles. The summed E-state index contributed by atoms with van der Waals surface area (Å²) in [6.45, 7) is 1.81. The summed E-state index contributed by atoms with van der Waals surface area (Å²) in [5, 5.41) is 6.93. The van der Waals surface area contributed by atoms with E-state index < -0.39 is 0 Å². The minimum Gasteiger partial charge on any atom is -0.317 e. The maximum Gasteiger partial charge on any atom is 0.274 e. The molecule has 3 aromatic rings. The van der Waals surface area contributed by atoms with E-state index >= 15 is 0 Å². The van der Waals surface area contributed by atoms with Crippen LogP contribution in [0.2, 0.25) is 0 Å². The van der Waals surface area contributed by atoms with Crippen molar-refractivity contribution in [3.63, 3.8) is 0 Å². The predicted molar refractivity (Wildman–Crippen MR) is 95.6 cm³/mol. The number of hydrogen-bond acceptors (Lipinski definition) is 3. The molecule has 1 amide bonds. The van der Waals surface area contributed by atoms with Crippen LogP contribution < -0.4 is 10.9 Å². The van der Waals surface area contributed by atoms with Crippen LogP contribution in [0.3, 0.4) is 0 Å². The normalized spacial score (nSPS) is 10.6. The van der Waals surface area contributed by atoms with Gasteiger partial charge in [0.15, 0.2) is 0 Å². The van der Waals surface area contributed by atoms with Crippen molar-refractivity contribution in [2.24, 2.45) is 7.05 Å². The van der Waals surface area contributed by atoms with Gasteiger partial charge < -0.3 is 9.88 Å². The number of nitrogens with one attached hydrogen (secondary N) is 1. The monoisotopic (exact) mass is 386 g/mol. The van der Waals surface area contributed by atoms with Crippen molar-refractivity contribution in [2.75, 3.05) is 5.32 Å². The van der Waals surface area contributed by atoms with E-state index in [1.54, 1.807) is 30.1 Å². The number of pyridine rings is 1. The van der Waals surface area contributed by atoms with Crippen LogP contribution in [0.15, 0.2) is 58.1 Å². The second-order valence-electron chi connectivity index (χ2n) is 5.33. The van der Waals surface area contributed by atoms with Gasteiger partial charge in [0.25, 0.3) is 11.5 Å². The Morgan fingerprint density at radius 1 is 1.25 bits per heavy atom. The fourth-order valence-electron chi connectivity index (χ4n) is 2.38. The number of rotatable bonds is 3. The van der Waals surface area contributed by atoms with Crippen LogP contribution >= 0.6 is 15.9 Å². The van der Waals surface area contributed by atoms with Gasteiger partial charge in [-0.1, -0.05) is 22.0 Å². The summed E-state index contributed by atoms with van der Waals surface area (Å²) in [7, 11) is 1.63. The van der Waals surface area contributed by atoms with Crippen LogP contribution in [0, 0.1) is 6.92 Å². The van der Waals surface area contributed by atoms with Gasteiger partial charge in [-0.25, -0.2) is 4.68 Å². The summed E-state index contributed by atoms with van der Waals surface area (Å²) in [4.78, 5) is 24.5. The second-order valence-corrected chi connectivity index (χ2v) is 6.24. The van der Waals surface area contributed by atoms with Crippen LogP contribution in [0.1, 0.15) is 16.1 Å². The number of aryl methyl sites for hydroxylation is 1. The van der Waals surface area contributed by atoms with Gasteiger partial charge in [-0.2, -0.15) is 5.10 Å². The molecule has 1 aromatic carbocycles. The van der Waals surface area contributed by atoms with Crippen LogP contribution in [0.4, 0.5) is 5.69 Å². The van der Waals surface area contributed by atoms with E-state index in [0.717, 1.165) is 10.2 Å². The Morgan fingerprint density at radius 3 is 2.79 bits per heavy atom. The van der Waals surface area contributed by atoms with E-state index in [1.165, 1.54) is 10.8 Å². The van der Waals surface area contributed by atoms with Crippen LogP contribution in [0.5, 0.6) is 0 Å². The molecular weight excluding hydrogens is 372 g/mol. The zero-order valence-corrected chi connectivity index (χ0v) is 14.7. The van der Waals surface area contributed by atoms with Crippen molar-refractivity contribution in [3.8, 4) is 5.69 Å². The van der Waals surface area contributed by atoms with Gasteiger partial charge in [0.1, 0.15) is 5.69 Å². The molecule has 7 heteroatoms. The molecule has 0 saturated heterocycles. The minimum atomic E-state index is -0.364. The zero-order valence-electron chi connectivity index (χ0n) is 13.2. The van der Waals surface area contributed by atoms with Crippen molar-refractivity contribution in [1.82, 2.24) is 14.3 Å². The third kappa shape index (κ3) is 3.03. The fourth-order valence-corrected chi connectivity index (χ4v) is 2.77. The number of aromatic nitrogens is 3. The highest BCUT2D eigenvalue weighted by molar-refractivity contribution is 9.10. The lowest BCUT2D eigenvalue weighted by Gasteiger charge is -2.07. The Morgan fingerprint density at radius 2 is 2.04 bits per heavy atom. The summed E-state index contributed by atoms with van der Waals surface area (Å²) in [6, 6.07) is 10.9. The van der Waals surface area contributed by atoms with Crippen molar-refractivity contribution >= 4 is 27.5 Å². The Kier molecular flexibility index (Phi) is 4.35. The quantitative estimate of drug-likeness (QED) is 0.752. The molecule has 0 radical (unpaired) electrons. The van der Waals surface area contributed by atoms with Gasteiger partial charge in [0, 0.05) is 17.7 Å². The average Bonchev–Trinajstić information content (AvgIpc) is 2.93. The van der Waals surface area contributed by atoms with Gasteiger partial charge in [-0.3, -0.25) is 9.59 Å². The van der Waals surface area contributed by atoms with Gasteiger partial charge in [-0.05, 0) is 37.3 Å². The van der Waals surface area contributed by atoms with Crippen LogP contribution in [-0.4, -0.2) is 20.3 Å². The van der Waals surface area contributed by atoms with Crippen molar-refractivity contribution in [3.05, 3.63) is 74.9 Å². The van der Waals surface area contributed by atoms with E-state index in [0.29, 0.717) is 11.3 Å². The number of carbonyl (C=O) groups excluding carboxylic acids is 1. The Labute approximate surface area is 146 Å². The summed E-state index contributed by atoms with van der Waals surface area (Å²) in [5.41, 5.74) is 1.93. The van der Waals surface area contributed by atoms with Gasteiger partial charge >= 0.3 is 0 Å². The molecule has 1 N–H and O–H groups in total. The number of halogens is 1. The molecule has 0 saturated carbocycles. The number of carbonyl (C=O) groups is 1. The number of benzene rings is 1. The summed E-state index contributed by atoms with van der Waals surface area (Å²) < 4.78 is 4.02. The Bertz CT molecular complexity index is 975. The number of anilines is 1. The van der Waals surface area contributed by atoms with Crippen molar-refractivity contribution < 1.29 is 4.79 Å². The highest BCUT2D eigenvalue weighted by atomic mass is 79.9. The van der Waals surface area contributed by atoms with E-state index in [2.05, 4.69) is 26.3 Å². The molecule has 0 fully saturated rings. The molecule has 122 valence electrons. The van der Waals surface area contributed by atoms with Crippen molar-refractivity contribution in [2.45, 2.75) is 6.92 Å². The number of amides is 1. The SMILES string of the molecule is Cc1c(C(=O)Nc2cccn(C)c2=O)cnn1-c1cccc(Br)c1.